The first-order chi connectivity index (χ1) is 6.54. The number of nitrogens with one attached hydrogen (secondary N) is 1. The van der Waals surface area contributed by atoms with Crippen LogP contribution in [-0.2, 0) is 4.84 Å². The summed E-state index contributed by atoms with van der Waals surface area (Å²) in [7, 11) is 0. The van der Waals surface area contributed by atoms with Crippen LogP contribution in [0.15, 0.2) is 0 Å². The lowest BCUT2D eigenvalue weighted by atomic mass is 9.86. The monoisotopic (exact) mass is 211 g/mol. The van der Waals surface area contributed by atoms with E-state index in [1.807, 2.05) is 0 Å². The Labute approximate surface area is 81.8 Å². The van der Waals surface area contributed by atoms with Crippen LogP contribution < -0.4 is 5.48 Å². The van der Waals surface area contributed by atoms with Crippen molar-refractivity contribution < 1.29 is 18.0 Å². The molecule has 1 rings (SSSR count). The largest absolute Gasteiger partial charge is 0.391 e. The molecule has 0 spiro atoms. The van der Waals surface area contributed by atoms with Gasteiger partial charge in [0.15, 0.2) is 0 Å². The summed E-state index contributed by atoms with van der Waals surface area (Å²) in [5.74, 6) is -1.16. The summed E-state index contributed by atoms with van der Waals surface area (Å²) in [6.07, 6.45) is -2.26. The van der Waals surface area contributed by atoms with E-state index in [9.17, 15) is 13.2 Å². The van der Waals surface area contributed by atoms with E-state index in [1.54, 1.807) is 6.92 Å². The highest BCUT2D eigenvalue weighted by Crippen LogP contribution is 2.37. The fourth-order valence-electron chi connectivity index (χ4n) is 1.80. The van der Waals surface area contributed by atoms with Crippen molar-refractivity contribution in [1.82, 2.24) is 5.48 Å². The van der Waals surface area contributed by atoms with Crippen molar-refractivity contribution in [2.45, 2.75) is 44.8 Å². The van der Waals surface area contributed by atoms with Gasteiger partial charge in [-0.25, -0.2) is 0 Å². The molecular weight excluding hydrogens is 195 g/mol. The van der Waals surface area contributed by atoms with Crippen LogP contribution in [-0.4, -0.2) is 18.8 Å². The molecule has 1 N–H and O–H groups in total. The summed E-state index contributed by atoms with van der Waals surface area (Å²) in [6, 6.07) is -0.143. The topological polar surface area (TPSA) is 21.3 Å². The van der Waals surface area contributed by atoms with Gasteiger partial charge in [-0.2, -0.15) is 18.7 Å². The summed E-state index contributed by atoms with van der Waals surface area (Å²) >= 11 is 0. The van der Waals surface area contributed by atoms with Crippen LogP contribution in [0, 0.1) is 5.92 Å². The number of hydroxylamine groups is 1. The Bertz CT molecular complexity index is 172. The van der Waals surface area contributed by atoms with Crippen molar-refractivity contribution >= 4 is 0 Å². The summed E-state index contributed by atoms with van der Waals surface area (Å²) in [6.45, 7) is 2.28. The second kappa shape index (κ2) is 4.98. The molecule has 5 heteroatoms. The lowest BCUT2D eigenvalue weighted by Crippen LogP contribution is -2.38. The van der Waals surface area contributed by atoms with Crippen molar-refractivity contribution in [2.75, 3.05) is 6.61 Å². The van der Waals surface area contributed by atoms with Crippen LogP contribution >= 0.6 is 0 Å². The molecule has 1 aliphatic carbocycles. The van der Waals surface area contributed by atoms with E-state index in [0.29, 0.717) is 13.0 Å². The molecule has 0 saturated heterocycles. The summed E-state index contributed by atoms with van der Waals surface area (Å²) in [4.78, 5) is 4.92. The Morgan fingerprint density at radius 2 is 2.07 bits per heavy atom. The minimum Gasteiger partial charge on any atom is -0.302 e. The molecule has 2 atom stereocenters. The molecule has 0 aliphatic heterocycles. The molecule has 84 valence electrons. The maximum absolute atomic E-state index is 12.4. The molecule has 1 fully saturated rings. The number of halogens is 3. The normalized spacial score (nSPS) is 29.1. The molecule has 0 amide bonds. The van der Waals surface area contributed by atoms with Crippen LogP contribution in [0.5, 0.6) is 0 Å². The fourth-order valence-corrected chi connectivity index (χ4v) is 1.80. The molecule has 2 unspecified atom stereocenters. The van der Waals surface area contributed by atoms with Gasteiger partial charge in [-0.1, -0.05) is 6.42 Å². The Hall–Kier alpha value is -0.290. The predicted octanol–water partition coefficient (Wildman–Crippen LogP) is 2.65. The van der Waals surface area contributed by atoms with Gasteiger partial charge in [-0.3, -0.25) is 0 Å². The van der Waals surface area contributed by atoms with E-state index < -0.39 is 12.1 Å². The first-order valence-electron chi connectivity index (χ1n) is 4.98. The third-order valence-corrected chi connectivity index (χ3v) is 2.53. The standard InChI is InChI=1S/C9H16F3NO/c1-2-14-13-8-5-3-4-7(6-8)9(10,11)12/h7-8,13H,2-6H2,1H3. The Balaban J connectivity index is 2.36. The molecule has 14 heavy (non-hydrogen) atoms. The molecular formula is C9H16F3NO. The molecule has 0 aromatic heterocycles. The molecule has 1 saturated carbocycles. The van der Waals surface area contributed by atoms with Gasteiger partial charge in [0.25, 0.3) is 0 Å². The van der Waals surface area contributed by atoms with E-state index in [0.717, 1.165) is 6.42 Å². The summed E-state index contributed by atoms with van der Waals surface area (Å²) < 4.78 is 37.1. The third-order valence-electron chi connectivity index (χ3n) is 2.53. The van der Waals surface area contributed by atoms with Gasteiger partial charge in [-0.15, -0.1) is 0 Å². The van der Waals surface area contributed by atoms with Crippen molar-refractivity contribution in [3.63, 3.8) is 0 Å². The lowest BCUT2D eigenvalue weighted by molar-refractivity contribution is -0.186. The maximum Gasteiger partial charge on any atom is 0.391 e. The smallest absolute Gasteiger partial charge is 0.302 e. The van der Waals surface area contributed by atoms with Gasteiger partial charge in [0.05, 0.1) is 12.5 Å². The number of alkyl halides is 3. The van der Waals surface area contributed by atoms with Crippen LogP contribution in [0.2, 0.25) is 0 Å². The molecule has 1 aliphatic rings. The Morgan fingerprint density at radius 1 is 1.36 bits per heavy atom. The van der Waals surface area contributed by atoms with Crippen molar-refractivity contribution in [3.05, 3.63) is 0 Å². The predicted molar refractivity (Wildman–Crippen MR) is 46.6 cm³/mol. The molecule has 0 aromatic carbocycles. The SMILES string of the molecule is CCONC1CCCC(C(F)(F)F)C1. The number of hydrogen-bond acceptors (Lipinski definition) is 2. The van der Waals surface area contributed by atoms with Crippen LogP contribution in [0.25, 0.3) is 0 Å². The Kier molecular flexibility index (Phi) is 4.19. The van der Waals surface area contributed by atoms with Crippen molar-refractivity contribution in [2.24, 2.45) is 5.92 Å². The average molecular weight is 211 g/mol. The van der Waals surface area contributed by atoms with Gasteiger partial charge in [0, 0.05) is 6.04 Å². The van der Waals surface area contributed by atoms with E-state index in [-0.39, 0.29) is 18.9 Å². The van der Waals surface area contributed by atoms with E-state index >= 15 is 0 Å². The minimum atomic E-state index is -4.05. The zero-order valence-corrected chi connectivity index (χ0v) is 8.23. The Morgan fingerprint density at radius 3 is 2.64 bits per heavy atom. The van der Waals surface area contributed by atoms with E-state index in [4.69, 9.17) is 4.84 Å². The zero-order valence-electron chi connectivity index (χ0n) is 8.23. The van der Waals surface area contributed by atoms with E-state index in [2.05, 4.69) is 5.48 Å². The van der Waals surface area contributed by atoms with Gasteiger partial charge in [-0.05, 0) is 26.2 Å². The summed E-state index contributed by atoms with van der Waals surface area (Å²) in [5, 5.41) is 0. The van der Waals surface area contributed by atoms with Crippen molar-refractivity contribution in [3.8, 4) is 0 Å². The first-order valence-corrected chi connectivity index (χ1v) is 4.98. The second-order valence-corrected chi connectivity index (χ2v) is 3.65. The van der Waals surface area contributed by atoms with Crippen LogP contribution in [0.3, 0.4) is 0 Å². The number of hydrogen-bond donors (Lipinski definition) is 1. The molecule has 0 radical (unpaired) electrons. The fraction of sp³-hybridized carbons (Fsp3) is 1.00. The highest BCUT2D eigenvalue weighted by molar-refractivity contribution is 4.79. The van der Waals surface area contributed by atoms with Gasteiger partial charge >= 0.3 is 6.18 Å². The van der Waals surface area contributed by atoms with Gasteiger partial charge < -0.3 is 4.84 Å². The lowest BCUT2D eigenvalue weighted by Gasteiger charge is -2.30. The zero-order chi connectivity index (χ0) is 10.6. The van der Waals surface area contributed by atoms with Crippen LogP contribution in [0.4, 0.5) is 13.2 Å². The number of rotatable bonds is 3. The van der Waals surface area contributed by atoms with Gasteiger partial charge in [0.1, 0.15) is 0 Å². The van der Waals surface area contributed by atoms with Crippen LogP contribution in [0.1, 0.15) is 32.6 Å². The molecule has 2 nitrogen and oxygen atoms in total. The van der Waals surface area contributed by atoms with E-state index in [1.165, 1.54) is 0 Å². The summed E-state index contributed by atoms with van der Waals surface area (Å²) in [5.41, 5.74) is 2.67. The molecule has 0 heterocycles. The van der Waals surface area contributed by atoms with Crippen molar-refractivity contribution in [1.29, 1.82) is 0 Å². The maximum atomic E-state index is 12.4. The third kappa shape index (κ3) is 3.46. The highest BCUT2D eigenvalue weighted by atomic mass is 19.4. The average Bonchev–Trinajstić information content (AvgIpc) is 2.14. The second-order valence-electron chi connectivity index (χ2n) is 3.65. The molecule has 0 bridgehead atoms. The highest BCUT2D eigenvalue weighted by Gasteiger charge is 2.42. The molecule has 0 aromatic rings. The van der Waals surface area contributed by atoms with Gasteiger partial charge in [0.2, 0.25) is 0 Å². The quantitative estimate of drug-likeness (QED) is 0.724. The first kappa shape index (κ1) is 11.8. The minimum absolute atomic E-state index is 0.142.